The molecule has 1 N–H and O–H groups in total. The van der Waals surface area contributed by atoms with Crippen molar-refractivity contribution in [1.29, 1.82) is 0 Å². The van der Waals surface area contributed by atoms with E-state index in [9.17, 15) is 9.59 Å². The van der Waals surface area contributed by atoms with Gasteiger partial charge in [0, 0.05) is 6.20 Å². The molecule has 0 radical (unpaired) electrons. The van der Waals surface area contributed by atoms with Crippen LogP contribution in [0.5, 0.6) is 0 Å². The van der Waals surface area contributed by atoms with Crippen molar-refractivity contribution in [3.63, 3.8) is 0 Å². The number of rotatable bonds is 6. The maximum Gasteiger partial charge on any atom is 0.341 e. The molecule has 1 atom stereocenters. The topological polar surface area (TPSA) is 81.4 Å². The number of nitrogens with zero attached hydrogens (tertiary/aromatic N) is 1. The van der Waals surface area contributed by atoms with Crippen molar-refractivity contribution in [2.24, 2.45) is 0 Å². The second-order valence-electron chi connectivity index (χ2n) is 4.40. The summed E-state index contributed by atoms with van der Waals surface area (Å²) in [5.41, 5.74) is 0.348. The van der Waals surface area contributed by atoms with Gasteiger partial charge in [0.15, 0.2) is 6.10 Å². The molecule has 0 aliphatic carbocycles. The Balaban J connectivity index is 1.91. The minimum absolute atomic E-state index is 0.247. The number of hydrogen-bond donors (Lipinski definition) is 1. The Bertz CT molecular complexity index is 643. The van der Waals surface area contributed by atoms with E-state index >= 15 is 0 Å². The summed E-state index contributed by atoms with van der Waals surface area (Å²) in [7, 11) is 0. The van der Waals surface area contributed by atoms with Crippen LogP contribution in [0.2, 0.25) is 0 Å². The lowest BCUT2D eigenvalue weighted by molar-refractivity contribution is -0.129. The maximum absolute atomic E-state index is 12.1. The summed E-state index contributed by atoms with van der Waals surface area (Å²) in [6, 6.07) is 6.75. The van der Waals surface area contributed by atoms with E-state index in [2.05, 4.69) is 10.3 Å². The number of hydrogen-bond acceptors (Lipinski definition) is 6. The van der Waals surface area contributed by atoms with Crippen LogP contribution in [0.3, 0.4) is 0 Å². The molecule has 116 valence electrons. The number of amides is 1. The van der Waals surface area contributed by atoms with E-state index in [-0.39, 0.29) is 12.5 Å². The molecule has 7 heteroatoms. The van der Waals surface area contributed by atoms with Crippen LogP contribution in [0.4, 0.5) is 0 Å². The van der Waals surface area contributed by atoms with Gasteiger partial charge in [-0.2, -0.15) is 0 Å². The first-order valence-electron chi connectivity index (χ1n) is 6.62. The van der Waals surface area contributed by atoms with Crippen LogP contribution in [0.25, 0.3) is 0 Å². The molecule has 0 aliphatic heterocycles. The van der Waals surface area contributed by atoms with E-state index in [4.69, 9.17) is 9.15 Å². The van der Waals surface area contributed by atoms with Crippen LogP contribution in [0, 0.1) is 0 Å². The van der Waals surface area contributed by atoms with Gasteiger partial charge in [0.05, 0.1) is 18.4 Å². The summed E-state index contributed by atoms with van der Waals surface area (Å²) >= 11 is 1.34. The van der Waals surface area contributed by atoms with Crippen molar-refractivity contribution in [3.05, 3.63) is 48.0 Å². The van der Waals surface area contributed by atoms with Crippen molar-refractivity contribution in [2.75, 3.05) is 6.26 Å². The summed E-state index contributed by atoms with van der Waals surface area (Å²) in [5.74, 6) is -0.332. The van der Waals surface area contributed by atoms with Gasteiger partial charge in [-0.15, -0.1) is 11.8 Å². The van der Waals surface area contributed by atoms with Gasteiger partial charge in [-0.3, -0.25) is 4.79 Å². The fourth-order valence-corrected chi connectivity index (χ4v) is 2.26. The predicted octanol–water partition coefficient (Wildman–Crippen LogP) is 2.26. The Labute approximate surface area is 132 Å². The molecule has 0 spiro atoms. The quantitative estimate of drug-likeness (QED) is 0.649. The molecule has 22 heavy (non-hydrogen) atoms. The normalized spacial score (nSPS) is 11.7. The largest absolute Gasteiger partial charge is 0.467 e. The number of furan rings is 1. The van der Waals surface area contributed by atoms with Gasteiger partial charge in [0.25, 0.3) is 5.91 Å². The number of carbonyl (C=O) groups is 2. The first-order valence-corrected chi connectivity index (χ1v) is 7.84. The van der Waals surface area contributed by atoms with Gasteiger partial charge in [0.1, 0.15) is 10.8 Å². The van der Waals surface area contributed by atoms with Crippen LogP contribution >= 0.6 is 11.8 Å². The lowest BCUT2D eigenvalue weighted by Gasteiger charge is -2.13. The van der Waals surface area contributed by atoms with E-state index in [0.717, 1.165) is 0 Å². The standard InChI is InChI=1S/C15H16N2O4S/c1-10(13(18)17-9-11-5-4-8-20-11)21-15(19)12-6-3-7-16-14(12)22-2/h3-8,10H,9H2,1-2H3,(H,17,18)/t10-/m1/s1. The highest BCUT2D eigenvalue weighted by atomic mass is 32.2. The van der Waals surface area contributed by atoms with Gasteiger partial charge < -0.3 is 14.5 Å². The van der Waals surface area contributed by atoms with Crippen LogP contribution in [-0.4, -0.2) is 29.2 Å². The molecule has 0 bridgehead atoms. The number of ether oxygens (including phenoxy) is 1. The van der Waals surface area contributed by atoms with Crippen LogP contribution in [0.1, 0.15) is 23.0 Å². The zero-order valence-corrected chi connectivity index (χ0v) is 13.1. The van der Waals surface area contributed by atoms with Crippen molar-refractivity contribution < 1.29 is 18.7 Å². The average molecular weight is 320 g/mol. The van der Waals surface area contributed by atoms with Crippen LogP contribution in [-0.2, 0) is 16.1 Å². The van der Waals surface area contributed by atoms with Crippen molar-refractivity contribution in [3.8, 4) is 0 Å². The van der Waals surface area contributed by atoms with Crippen LogP contribution in [0.15, 0.2) is 46.2 Å². The van der Waals surface area contributed by atoms with E-state index < -0.39 is 12.1 Å². The molecule has 2 aromatic rings. The molecule has 0 saturated carbocycles. The molecule has 2 rings (SSSR count). The Morgan fingerprint density at radius 1 is 1.41 bits per heavy atom. The minimum atomic E-state index is -0.905. The Kier molecular flexibility index (Phi) is 5.60. The predicted molar refractivity (Wildman–Crippen MR) is 81.5 cm³/mol. The van der Waals surface area contributed by atoms with Gasteiger partial charge in [0.2, 0.25) is 0 Å². The van der Waals surface area contributed by atoms with E-state index in [1.165, 1.54) is 24.9 Å². The molecule has 0 unspecified atom stereocenters. The molecule has 6 nitrogen and oxygen atoms in total. The average Bonchev–Trinajstić information content (AvgIpc) is 3.05. The van der Waals surface area contributed by atoms with Gasteiger partial charge in [-0.25, -0.2) is 9.78 Å². The van der Waals surface area contributed by atoms with Crippen LogP contribution < -0.4 is 5.32 Å². The summed E-state index contributed by atoms with van der Waals surface area (Å²) < 4.78 is 10.3. The second-order valence-corrected chi connectivity index (χ2v) is 5.20. The van der Waals surface area contributed by atoms with Crippen molar-refractivity contribution >= 4 is 23.6 Å². The van der Waals surface area contributed by atoms with Crippen molar-refractivity contribution in [2.45, 2.75) is 24.6 Å². The zero-order chi connectivity index (χ0) is 15.9. The molecule has 1 amide bonds. The number of pyridine rings is 1. The number of carbonyl (C=O) groups excluding carboxylic acids is 2. The van der Waals surface area contributed by atoms with Gasteiger partial charge in [-0.05, 0) is 37.4 Å². The molecule has 0 aromatic carbocycles. The Morgan fingerprint density at radius 3 is 2.91 bits per heavy atom. The smallest absolute Gasteiger partial charge is 0.341 e. The summed E-state index contributed by atoms with van der Waals surface area (Å²) in [6.07, 6.45) is 4.04. The monoisotopic (exact) mass is 320 g/mol. The number of nitrogens with one attached hydrogen (secondary N) is 1. The number of thioether (sulfide) groups is 1. The number of esters is 1. The minimum Gasteiger partial charge on any atom is -0.467 e. The Morgan fingerprint density at radius 2 is 2.23 bits per heavy atom. The van der Waals surface area contributed by atoms with Gasteiger partial charge in [-0.1, -0.05) is 0 Å². The molecular weight excluding hydrogens is 304 g/mol. The van der Waals surface area contributed by atoms with E-state index in [0.29, 0.717) is 16.3 Å². The second kappa shape index (κ2) is 7.65. The molecule has 0 aliphatic rings. The zero-order valence-electron chi connectivity index (χ0n) is 12.2. The third kappa shape index (κ3) is 4.11. The lowest BCUT2D eigenvalue weighted by Crippen LogP contribution is -2.35. The lowest BCUT2D eigenvalue weighted by atomic mass is 10.3. The third-order valence-corrected chi connectivity index (χ3v) is 3.57. The SMILES string of the molecule is CSc1ncccc1C(=O)O[C@H](C)C(=O)NCc1ccco1. The van der Waals surface area contributed by atoms with Gasteiger partial charge >= 0.3 is 5.97 Å². The molecule has 0 fully saturated rings. The first kappa shape index (κ1) is 16.1. The van der Waals surface area contributed by atoms with Crippen molar-refractivity contribution in [1.82, 2.24) is 10.3 Å². The molecular formula is C15H16N2O4S. The summed E-state index contributed by atoms with van der Waals surface area (Å²) in [5, 5.41) is 3.20. The Hall–Kier alpha value is -2.28. The summed E-state index contributed by atoms with van der Waals surface area (Å²) in [6.45, 7) is 1.77. The molecule has 2 heterocycles. The van der Waals surface area contributed by atoms with E-state index in [1.54, 1.807) is 30.5 Å². The van der Waals surface area contributed by atoms with E-state index in [1.807, 2.05) is 6.26 Å². The molecule has 0 saturated heterocycles. The molecule has 2 aromatic heterocycles. The fraction of sp³-hybridized carbons (Fsp3) is 0.267. The number of aromatic nitrogens is 1. The highest BCUT2D eigenvalue weighted by molar-refractivity contribution is 7.98. The maximum atomic E-state index is 12.1. The summed E-state index contributed by atoms with van der Waals surface area (Å²) in [4.78, 5) is 28.1. The fourth-order valence-electron chi connectivity index (χ4n) is 1.72. The highest BCUT2D eigenvalue weighted by Gasteiger charge is 2.21. The third-order valence-electron chi connectivity index (χ3n) is 2.85. The first-order chi connectivity index (χ1) is 10.6. The highest BCUT2D eigenvalue weighted by Crippen LogP contribution is 2.18.